The van der Waals surface area contributed by atoms with Gasteiger partial charge in [-0.05, 0) is 24.0 Å². The highest BCUT2D eigenvalue weighted by Gasteiger charge is 2.35. The van der Waals surface area contributed by atoms with Gasteiger partial charge in [0.2, 0.25) is 0 Å². The van der Waals surface area contributed by atoms with Crippen LogP contribution in [0.1, 0.15) is 34.1 Å². The zero-order chi connectivity index (χ0) is 23.2. The van der Waals surface area contributed by atoms with E-state index in [9.17, 15) is 22.8 Å². The van der Waals surface area contributed by atoms with Gasteiger partial charge in [0.15, 0.2) is 17.5 Å². The van der Waals surface area contributed by atoms with Crippen LogP contribution in [-0.2, 0) is 20.5 Å². The summed E-state index contributed by atoms with van der Waals surface area (Å²) in [7, 11) is 4.86. The SMILES string of the molecule is CN(C(=O)Oc1ncn(C)n1)C1CCc2c1cn(C)c2C(=O)Nc1cc(F)c(F)c(F)c1. The molecule has 2 heterocycles. The Morgan fingerprint density at radius 1 is 1.22 bits per heavy atom. The first-order chi connectivity index (χ1) is 15.2. The van der Waals surface area contributed by atoms with Gasteiger partial charge in [0.25, 0.3) is 5.91 Å². The monoisotopic (exact) mass is 448 g/mol. The first-order valence-electron chi connectivity index (χ1n) is 9.60. The highest BCUT2D eigenvalue weighted by atomic mass is 19.2. The lowest BCUT2D eigenvalue weighted by molar-refractivity contribution is 0.101. The van der Waals surface area contributed by atoms with Gasteiger partial charge in [-0.25, -0.2) is 18.0 Å². The molecule has 168 valence electrons. The predicted octanol–water partition coefficient (Wildman–Crippen LogP) is 2.94. The molecular weight excluding hydrogens is 429 g/mol. The van der Waals surface area contributed by atoms with Gasteiger partial charge in [0, 0.05) is 45.2 Å². The molecule has 1 aromatic carbocycles. The minimum Gasteiger partial charge on any atom is -0.373 e. The Morgan fingerprint density at radius 2 is 1.91 bits per heavy atom. The molecule has 0 saturated heterocycles. The standard InChI is InChI=1S/C20H19F3N6O3/c1-27-8-12-11(17(27)18(30)25-10-6-13(21)16(23)14(22)7-10)4-5-15(12)29(3)20(31)32-19-24-9-28(2)26-19/h6-9,15H,4-5H2,1-3H3,(H,25,30). The van der Waals surface area contributed by atoms with Gasteiger partial charge in [0.05, 0.1) is 6.04 Å². The molecule has 0 spiro atoms. The number of anilines is 1. The van der Waals surface area contributed by atoms with E-state index in [0.717, 1.165) is 5.56 Å². The van der Waals surface area contributed by atoms with E-state index in [1.165, 1.54) is 15.9 Å². The Hall–Kier alpha value is -3.83. The quantitative estimate of drug-likeness (QED) is 0.620. The Kier molecular flexibility index (Phi) is 5.36. The molecule has 9 nitrogen and oxygen atoms in total. The molecule has 3 aromatic rings. The lowest BCUT2D eigenvalue weighted by atomic mass is 10.1. The van der Waals surface area contributed by atoms with Crippen molar-refractivity contribution < 1.29 is 27.5 Å². The number of amides is 2. The van der Waals surface area contributed by atoms with Crippen LogP contribution >= 0.6 is 0 Å². The van der Waals surface area contributed by atoms with Gasteiger partial charge in [-0.15, -0.1) is 5.10 Å². The van der Waals surface area contributed by atoms with Gasteiger partial charge < -0.3 is 19.5 Å². The van der Waals surface area contributed by atoms with Crippen LogP contribution in [0.4, 0.5) is 23.7 Å². The fraction of sp³-hybridized carbons (Fsp3) is 0.300. The largest absolute Gasteiger partial charge is 0.417 e. The van der Waals surface area contributed by atoms with E-state index in [1.807, 2.05) is 0 Å². The van der Waals surface area contributed by atoms with Crippen LogP contribution in [0, 0.1) is 17.5 Å². The summed E-state index contributed by atoms with van der Waals surface area (Å²) in [6.07, 6.45) is 3.51. The third-order valence-corrected chi connectivity index (χ3v) is 5.32. The molecule has 4 rings (SSSR count). The van der Waals surface area contributed by atoms with E-state index in [2.05, 4.69) is 15.4 Å². The highest BCUT2D eigenvalue weighted by molar-refractivity contribution is 6.04. The third-order valence-electron chi connectivity index (χ3n) is 5.32. The molecule has 2 aromatic heterocycles. The van der Waals surface area contributed by atoms with Crippen molar-refractivity contribution in [1.29, 1.82) is 0 Å². The number of benzene rings is 1. The van der Waals surface area contributed by atoms with Crippen LogP contribution in [0.5, 0.6) is 6.01 Å². The van der Waals surface area contributed by atoms with E-state index in [4.69, 9.17) is 4.74 Å². The molecule has 12 heteroatoms. The molecule has 0 aliphatic heterocycles. The second-order valence-corrected chi connectivity index (χ2v) is 7.46. The summed E-state index contributed by atoms with van der Waals surface area (Å²) in [5.74, 6) is -5.02. The van der Waals surface area contributed by atoms with Crippen LogP contribution in [0.15, 0.2) is 24.7 Å². The van der Waals surface area contributed by atoms with E-state index in [1.54, 1.807) is 31.9 Å². The maximum atomic E-state index is 13.5. The lowest BCUT2D eigenvalue weighted by Crippen LogP contribution is -2.32. The minimum atomic E-state index is -1.61. The van der Waals surface area contributed by atoms with E-state index in [-0.39, 0.29) is 23.4 Å². The van der Waals surface area contributed by atoms with Crippen molar-refractivity contribution in [2.45, 2.75) is 18.9 Å². The fourth-order valence-electron chi connectivity index (χ4n) is 3.85. The second-order valence-electron chi connectivity index (χ2n) is 7.46. The van der Waals surface area contributed by atoms with Crippen molar-refractivity contribution in [2.75, 3.05) is 12.4 Å². The first kappa shape index (κ1) is 21.4. The fourth-order valence-corrected chi connectivity index (χ4v) is 3.85. The molecule has 0 saturated carbocycles. The zero-order valence-electron chi connectivity index (χ0n) is 17.4. The van der Waals surface area contributed by atoms with Crippen molar-refractivity contribution in [3.8, 4) is 6.01 Å². The van der Waals surface area contributed by atoms with Crippen molar-refractivity contribution in [3.63, 3.8) is 0 Å². The molecule has 0 bridgehead atoms. The van der Waals surface area contributed by atoms with Crippen LogP contribution in [0.25, 0.3) is 0 Å². The number of carbonyl (C=O) groups is 2. The van der Waals surface area contributed by atoms with Crippen LogP contribution in [0.3, 0.4) is 0 Å². The van der Waals surface area contributed by atoms with Crippen molar-refractivity contribution in [1.82, 2.24) is 24.2 Å². The molecular formula is C20H19F3N6O3. The van der Waals surface area contributed by atoms with Crippen LogP contribution in [-0.4, -0.2) is 43.3 Å². The molecule has 1 N–H and O–H groups in total. The van der Waals surface area contributed by atoms with Gasteiger partial charge in [-0.1, -0.05) is 0 Å². The number of carbonyl (C=O) groups excluding carboxylic acids is 2. The molecule has 1 atom stereocenters. The molecule has 1 unspecified atom stereocenters. The van der Waals surface area contributed by atoms with Crippen LogP contribution in [0.2, 0.25) is 0 Å². The Balaban J connectivity index is 1.54. The molecule has 32 heavy (non-hydrogen) atoms. The smallest absolute Gasteiger partial charge is 0.373 e. The van der Waals surface area contributed by atoms with Gasteiger partial charge in [-0.2, -0.15) is 4.98 Å². The average Bonchev–Trinajstić information content (AvgIpc) is 3.40. The molecule has 2 amide bonds. The summed E-state index contributed by atoms with van der Waals surface area (Å²) in [6, 6.07) is 0.985. The lowest BCUT2D eigenvalue weighted by Gasteiger charge is -2.23. The predicted molar refractivity (Wildman–Crippen MR) is 106 cm³/mol. The number of halogens is 3. The summed E-state index contributed by atoms with van der Waals surface area (Å²) < 4.78 is 48.3. The molecule has 1 aliphatic carbocycles. The number of ether oxygens (including phenoxy) is 1. The number of hydrogen-bond donors (Lipinski definition) is 1. The van der Waals surface area contributed by atoms with Crippen molar-refractivity contribution in [2.24, 2.45) is 14.1 Å². The van der Waals surface area contributed by atoms with Crippen molar-refractivity contribution >= 4 is 17.7 Å². The topological polar surface area (TPSA) is 94.3 Å². The van der Waals surface area contributed by atoms with E-state index < -0.39 is 29.5 Å². The molecule has 1 aliphatic rings. The average molecular weight is 448 g/mol. The number of fused-ring (bicyclic) bond motifs is 1. The summed E-state index contributed by atoms with van der Waals surface area (Å²) in [5, 5.41) is 6.30. The normalized spacial score (nSPS) is 14.9. The maximum absolute atomic E-state index is 13.5. The van der Waals surface area contributed by atoms with Gasteiger partial charge in [0.1, 0.15) is 12.0 Å². The van der Waals surface area contributed by atoms with Gasteiger partial charge in [-0.3, -0.25) is 9.48 Å². The number of nitrogens with one attached hydrogen (secondary N) is 1. The van der Waals surface area contributed by atoms with Gasteiger partial charge >= 0.3 is 12.1 Å². The van der Waals surface area contributed by atoms with E-state index in [0.29, 0.717) is 30.5 Å². The summed E-state index contributed by atoms with van der Waals surface area (Å²) >= 11 is 0. The second kappa shape index (κ2) is 8.02. The van der Waals surface area contributed by atoms with Crippen LogP contribution < -0.4 is 10.1 Å². The first-order valence-corrected chi connectivity index (χ1v) is 9.60. The minimum absolute atomic E-state index is 0.0746. The van der Waals surface area contributed by atoms with E-state index >= 15 is 0 Å². The highest BCUT2D eigenvalue weighted by Crippen LogP contribution is 2.38. The Morgan fingerprint density at radius 3 is 2.53 bits per heavy atom. The van der Waals surface area contributed by atoms with Crippen molar-refractivity contribution in [3.05, 3.63) is 58.9 Å². The number of hydrogen-bond acceptors (Lipinski definition) is 5. The molecule has 0 fully saturated rings. The summed E-state index contributed by atoms with van der Waals surface area (Å²) in [4.78, 5) is 30.6. The maximum Gasteiger partial charge on any atom is 0.417 e. The number of rotatable bonds is 4. The Bertz CT molecular complexity index is 1200. The zero-order valence-corrected chi connectivity index (χ0v) is 17.4. The number of aromatic nitrogens is 4. The number of aryl methyl sites for hydroxylation is 2. The summed E-state index contributed by atoms with van der Waals surface area (Å²) in [6.45, 7) is 0. The molecule has 0 radical (unpaired) electrons. The number of nitrogens with zero attached hydrogens (tertiary/aromatic N) is 5. The summed E-state index contributed by atoms with van der Waals surface area (Å²) in [5.41, 5.74) is 1.52. The third kappa shape index (κ3) is 3.79. The Labute approximate surface area is 180 Å².